The molecule has 0 amide bonds. The van der Waals surface area contributed by atoms with E-state index < -0.39 is 29.4 Å². The molecule has 0 aliphatic carbocycles. The van der Waals surface area contributed by atoms with Crippen molar-refractivity contribution in [1.29, 1.82) is 0 Å². The first-order valence-corrected chi connectivity index (χ1v) is 8.60. The van der Waals surface area contributed by atoms with E-state index in [-0.39, 0.29) is 18.1 Å². The standard InChI is InChI=1S/C21H13F5N2O/c22-16-9-27-10-17(23)19(16)20-28-18(11-29-20)14-3-1-12(2-4-14)13-5-7-15(8-6-13)21(24,25)26/h1-10,18H,11H2. The molecule has 0 saturated heterocycles. The van der Waals surface area contributed by atoms with Crippen molar-refractivity contribution in [2.45, 2.75) is 12.2 Å². The second-order valence-corrected chi connectivity index (χ2v) is 6.44. The lowest BCUT2D eigenvalue weighted by atomic mass is 10.0. The van der Waals surface area contributed by atoms with Gasteiger partial charge in [0.05, 0.1) is 18.0 Å². The Balaban J connectivity index is 1.55. The molecule has 0 fully saturated rings. The van der Waals surface area contributed by atoms with Gasteiger partial charge in [-0.25, -0.2) is 13.8 Å². The average molecular weight is 404 g/mol. The lowest BCUT2D eigenvalue weighted by molar-refractivity contribution is -0.137. The third-order valence-corrected chi connectivity index (χ3v) is 4.56. The van der Waals surface area contributed by atoms with Crippen molar-refractivity contribution in [2.24, 2.45) is 4.99 Å². The topological polar surface area (TPSA) is 34.5 Å². The summed E-state index contributed by atoms with van der Waals surface area (Å²) in [5.74, 6) is -1.84. The number of rotatable bonds is 3. The molecule has 3 aromatic rings. The van der Waals surface area contributed by atoms with E-state index in [1.54, 1.807) is 24.3 Å². The SMILES string of the molecule is Fc1cncc(F)c1C1=NC(c2ccc(-c3ccc(C(F)(F)F)cc3)cc2)CO1. The number of alkyl halides is 3. The van der Waals surface area contributed by atoms with Gasteiger partial charge in [0.15, 0.2) is 11.6 Å². The molecule has 1 aromatic heterocycles. The number of pyridine rings is 1. The summed E-state index contributed by atoms with van der Waals surface area (Å²) in [6, 6.07) is 11.4. The molecule has 3 nitrogen and oxygen atoms in total. The van der Waals surface area contributed by atoms with Crippen molar-refractivity contribution in [3.05, 3.63) is 89.2 Å². The van der Waals surface area contributed by atoms with E-state index in [1.165, 1.54) is 12.1 Å². The second-order valence-electron chi connectivity index (χ2n) is 6.44. The van der Waals surface area contributed by atoms with Crippen LogP contribution in [0.5, 0.6) is 0 Å². The Morgan fingerprint density at radius 3 is 1.93 bits per heavy atom. The van der Waals surface area contributed by atoms with Crippen LogP contribution in [0.3, 0.4) is 0 Å². The van der Waals surface area contributed by atoms with E-state index in [9.17, 15) is 22.0 Å². The maximum Gasteiger partial charge on any atom is 0.416 e. The third kappa shape index (κ3) is 3.83. The summed E-state index contributed by atoms with van der Waals surface area (Å²) in [5, 5.41) is 0. The Bertz CT molecular complexity index is 1040. The summed E-state index contributed by atoms with van der Waals surface area (Å²) in [7, 11) is 0. The zero-order valence-corrected chi connectivity index (χ0v) is 14.8. The highest BCUT2D eigenvalue weighted by atomic mass is 19.4. The van der Waals surface area contributed by atoms with Crippen LogP contribution in [0.4, 0.5) is 22.0 Å². The van der Waals surface area contributed by atoms with E-state index in [1.807, 2.05) is 0 Å². The van der Waals surface area contributed by atoms with Gasteiger partial charge in [-0.2, -0.15) is 13.2 Å². The summed E-state index contributed by atoms with van der Waals surface area (Å²) >= 11 is 0. The molecule has 8 heteroatoms. The predicted molar refractivity (Wildman–Crippen MR) is 96.3 cm³/mol. The molecule has 1 atom stereocenters. The van der Waals surface area contributed by atoms with Gasteiger partial charge < -0.3 is 4.74 Å². The second kappa shape index (κ2) is 7.27. The van der Waals surface area contributed by atoms with Crippen molar-refractivity contribution in [3.63, 3.8) is 0 Å². The summed E-state index contributed by atoms with van der Waals surface area (Å²) < 4.78 is 71.1. The Kier molecular flexibility index (Phi) is 4.77. The van der Waals surface area contributed by atoms with Crippen molar-refractivity contribution >= 4 is 5.90 Å². The van der Waals surface area contributed by atoms with Gasteiger partial charge in [-0.05, 0) is 28.8 Å². The molecule has 1 aliphatic heterocycles. The Hall–Kier alpha value is -3.29. The van der Waals surface area contributed by atoms with Gasteiger partial charge in [-0.15, -0.1) is 0 Å². The predicted octanol–water partition coefficient (Wildman–Crippen LogP) is 5.56. The minimum atomic E-state index is -4.38. The van der Waals surface area contributed by atoms with Crippen LogP contribution in [0.1, 0.15) is 22.7 Å². The van der Waals surface area contributed by atoms with Gasteiger partial charge >= 0.3 is 6.18 Å². The fourth-order valence-electron chi connectivity index (χ4n) is 3.05. The highest BCUT2D eigenvalue weighted by Crippen LogP contribution is 2.32. The number of aromatic nitrogens is 1. The third-order valence-electron chi connectivity index (χ3n) is 4.56. The number of ether oxygens (including phenoxy) is 1. The summed E-state index contributed by atoms with van der Waals surface area (Å²) in [6.45, 7) is 0.121. The van der Waals surface area contributed by atoms with Crippen LogP contribution >= 0.6 is 0 Å². The van der Waals surface area contributed by atoms with Crippen LogP contribution in [-0.2, 0) is 10.9 Å². The Labute approximate surface area is 162 Å². The molecule has 0 bridgehead atoms. The van der Waals surface area contributed by atoms with E-state index in [0.717, 1.165) is 35.7 Å². The maximum absolute atomic E-state index is 13.8. The Morgan fingerprint density at radius 2 is 1.38 bits per heavy atom. The fourth-order valence-corrected chi connectivity index (χ4v) is 3.05. The van der Waals surface area contributed by atoms with Gasteiger partial charge in [0.2, 0.25) is 5.90 Å². The van der Waals surface area contributed by atoms with Gasteiger partial charge in [-0.3, -0.25) is 4.98 Å². The largest absolute Gasteiger partial charge is 0.475 e. The molecular weight excluding hydrogens is 391 g/mol. The molecule has 2 aromatic carbocycles. The summed E-state index contributed by atoms with van der Waals surface area (Å²) in [5.41, 5.74) is 1.06. The quantitative estimate of drug-likeness (QED) is 0.536. The molecule has 2 heterocycles. The van der Waals surface area contributed by atoms with Crippen molar-refractivity contribution in [1.82, 2.24) is 4.98 Å². The Morgan fingerprint density at radius 1 is 0.828 bits per heavy atom. The van der Waals surface area contributed by atoms with Crippen molar-refractivity contribution in [2.75, 3.05) is 6.61 Å². The lowest BCUT2D eigenvalue weighted by Crippen LogP contribution is -2.08. The van der Waals surface area contributed by atoms with Gasteiger partial charge in [0, 0.05) is 0 Å². The molecular formula is C21H13F5N2O. The molecule has 0 N–H and O–H groups in total. The highest BCUT2D eigenvalue weighted by molar-refractivity contribution is 5.95. The first-order valence-electron chi connectivity index (χ1n) is 8.60. The van der Waals surface area contributed by atoms with Crippen LogP contribution in [0.2, 0.25) is 0 Å². The number of hydrogen-bond donors (Lipinski definition) is 0. The first-order chi connectivity index (χ1) is 13.8. The summed E-state index contributed by atoms with van der Waals surface area (Å²) in [4.78, 5) is 7.68. The van der Waals surface area contributed by atoms with E-state index in [0.29, 0.717) is 5.56 Å². The molecule has 0 saturated carbocycles. The zero-order chi connectivity index (χ0) is 20.6. The molecule has 148 valence electrons. The lowest BCUT2D eigenvalue weighted by Gasteiger charge is -2.09. The molecule has 1 aliphatic rings. The van der Waals surface area contributed by atoms with Crippen molar-refractivity contribution in [3.8, 4) is 11.1 Å². The number of hydrogen-bond acceptors (Lipinski definition) is 3. The number of benzene rings is 2. The van der Waals surface area contributed by atoms with Crippen LogP contribution in [0, 0.1) is 11.6 Å². The maximum atomic E-state index is 13.8. The molecule has 0 radical (unpaired) electrons. The minimum absolute atomic E-state index is 0.121. The van der Waals surface area contributed by atoms with Crippen LogP contribution < -0.4 is 0 Å². The first kappa shape index (κ1) is 19.0. The number of aliphatic imine (C=N–C) groups is 1. The molecule has 29 heavy (non-hydrogen) atoms. The minimum Gasteiger partial charge on any atom is -0.475 e. The smallest absolute Gasteiger partial charge is 0.416 e. The van der Waals surface area contributed by atoms with Crippen molar-refractivity contribution < 1.29 is 26.7 Å². The van der Waals surface area contributed by atoms with Crippen LogP contribution in [-0.4, -0.2) is 17.5 Å². The summed E-state index contributed by atoms with van der Waals surface area (Å²) in [6.07, 6.45) is -2.61. The molecule has 0 spiro atoms. The van der Waals surface area contributed by atoms with Gasteiger partial charge in [0.25, 0.3) is 0 Å². The van der Waals surface area contributed by atoms with Gasteiger partial charge in [-0.1, -0.05) is 36.4 Å². The molecule has 1 unspecified atom stereocenters. The average Bonchev–Trinajstić information content (AvgIpc) is 3.17. The monoisotopic (exact) mass is 404 g/mol. The van der Waals surface area contributed by atoms with E-state index >= 15 is 0 Å². The van der Waals surface area contributed by atoms with E-state index in [4.69, 9.17) is 4.74 Å². The normalized spacial score (nSPS) is 16.4. The van der Waals surface area contributed by atoms with Crippen LogP contribution in [0.15, 0.2) is 65.9 Å². The number of halogens is 5. The number of nitrogens with zero attached hydrogens (tertiary/aromatic N) is 2. The molecule has 4 rings (SSSR count). The van der Waals surface area contributed by atoms with E-state index in [2.05, 4.69) is 9.98 Å². The van der Waals surface area contributed by atoms with Crippen LogP contribution in [0.25, 0.3) is 11.1 Å². The fraction of sp³-hybridized carbons (Fsp3) is 0.143. The van der Waals surface area contributed by atoms with Gasteiger partial charge in [0.1, 0.15) is 18.2 Å². The highest BCUT2D eigenvalue weighted by Gasteiger charge is 2.30. The zero-order valence-electron chi connectivity index (χ0n) is 14.8.